The Hall–Kier alpha value is -6.52. The summed E-state index contributed by atoms with van der Waals surface area (Å²) < 4.78 is 18.7. The molecule has 3 aromatic rings. The average Bonchev–Trinajstić information content (AvgIpc) is 3.55. The SMILES string of the molecule is C[C@H]([C@@H](NC(=O)C(CCS(C)=O)NC(=O)NC(Cc1cccc(O)c1)C(=O)O)C(=O)N/C=C1/C[C@H](O)[C@@H](n2ccc(=O)[nH]c2=O)O1)N(C)C(=O)C(N)Cc1cccc(O)c1. The lowest BCUT2D eigenvalue weighted by molar-refractivity contribution is -0.139. The van der Waals surface area contributed by atoms with Crippen LogP contribution in [-0.4, -0.2) is 124 Å². The second kappa shape index (κ2) is 20.9. The number of amides is 5. The van der Waals surface area contributed by atoms with Gasteiger partial charge >= 0.3 is 17.7 Å². The maximum Gasteiger partial charge on any atom is 0.331 e. The average molecular weight is 857 g/mol. The number of carbonyl (C=O) groups is 5. The summed E-state index contributed by atoms with van der Waals surface area (Å²) in [6, 6.07) is 4.85. The molecule has 4 unspecified atom stereocenters. The van der Waals surface area contributed by atoms with Gasteiger partial charge in [0, 0.05) is 61.2 Å². The summed E-state index contributed by atoms with van der Waals surface area (Å²) in [6.45, 7) is 1.43. The van der Waals surface area contributed by atoms with Crippen molar-refractivity contribution in [3.8, 4) is 11.5 Å². The van der Waals surface area contributed by atoms with Gasteiger partial charge in [-0.05, 0) is 55.2 Å². The number of aliphatic carboxylic acids is 1. The molecular weight excluding hydrogens is 809 g/mol. The number of aliphatic hydroxyl groups excluding tert-OH is 1. The number of nitrogens with two attached hydrogens (primary N) is 1. The van der Waals surface area contributed by atoms with Crippen LogP contribution in [-0.2, 0) is 47.6 Å². The number of nitrogens with zero attached hydrogens (tertiary/aromatic N) is 2. The lowest BCUT2D eigenvalue weighted by Crippen LogP contribution is -2.62. The van der Waals surface area contributed by atoms with Gasteiger partial charge in [0.15, 0.2) is 0 Å². The largest absolute Gasteiger partial charge is 0.508 e. The van der Waals surface area contributed by atoms with Crippen LogP contribution in [0.2, 0.25) is 0 Å². The third kappa shape index (κ3) is 13.0. The lowest BCUT2D eigenvalue weighted by Gasteiger charge is -2.34. The molecule has 0 radical (unpaired) electrons. The number of aliphatic hydroxyl groups is 1. The molecule has 0 saturated carbocycles. The first kappa shape index (κ1) is 46.2. The van der Waals surface area contributed by atoms with Crippen molar-refractivity contribution < 1.29 is 53.3 Å². The lowest BCUT2D eigenvalue weighted by atomic mass is 10.0. The minimum atomic E-state index is -1.60. The van der Waals surface area contributed by atoms with Crippen LogP contribution in [0, 0.1) is 0 Å². The smallest absolute Gasteiger partial charge is 0.331 e. The molecule has 8 atom stereocenters. The highest BCUT2D eigenvalue weighted by atomic mass is 32.2. The molecule has 324 valence electrons. The zero-order valence-electron chi connectivity index (χ0n) is 32.8. The van der Waals surface area contributed by atoms with Crippen molar-refractivity contribution in [1.29, 1.82) is 0 Å². The number of likely N-dealkylation sites (N-methyl/N-ethyl adjacent to an activating group) is 1. The number of aromatic hydroxyl groups is 2. The molecule has 11 N–H and O–H groups in total. The maximum absolute atomic E-state index is 14.0. The van der Waals surface area contributed by atoms with Crippen LogP contribution in [0.15, 0.2) is 82.3 Å². The van der Waals surface area contributed by atoms with Gasteiger partial charge in [-0.2, -0.15) is 0 Å². The van der Waals surface area contributed by atoms with E-state index in [-0.39, 0.29) is 48.7 Å². The number of hydrogen-bond acceptors (Lipinski definition) is 13. The van der Waals surface area contributed by atoms with E-state index >= 15 is 0 Å². The van der Waals surface area contributed by atoms with E-state index in [9.17, 15) is 58.2 Å². The van der Waals surface area contributed by atoms with Crippen molar-refractivity contribution in [1.82, 2.24) is 35.7 Å². The van der Waals surface area contributed by atoms with Crippen LogP contribution in [0.25, 0.3) is 0 Å². The Morgan fingerprint density at radius 1 is 0.983 bits per heavy atom. The van der Waals surface area contributed by atoms with E-state index < -0.39 is 94.3 Å². The topological polar surface area (TPSA) is 325 Å². The number of H-pyrrole nitrogens is 1. The van der Waals surface area contributed by atoms with Crippen molar-refractivity contribution in [2.75, 3.05) is 19.1 Å². The predicted octanol–water partition coefficient (Wildman–Crippen LogP) is -1.78. The molecule has 1 fully saturated rings. The van der Waals surface area contributed by atoms with Gasteiger partial charge in [-0.3, -0.25) is 32.9 Å². The molecule has 21 nitrogen and oxygen atoms in total. The van der Waals surface area contributed by atoms with Gasteiger partial charge in [-0.1, -0.05) is 24.3 Å². The first-order chi connectivity index (χ1) is 28.3. The van der Waals surface area contributed by atoms with E-state index in [0.29, 0.717) is 11.1 Å². The Balaban J connectivity index is 1.57. The van der Waals surface area contributed by atoms with Gasteiger partial charge in [0.1, 0.15) is 41.5 Å². The van der Waals surface area contributed by atoms with E-state index in [1.54, 1.807) is 18.2 Å². The van der Waals surface area contributed by atoms with Crippen LogP contribution in [0.5, 0.6) is 11.5 Å². The number of phenols is 2. The summed E-state index contributed by atoms with van der Waals surface area (Å²) in [5.74, 6) is -4.27. The summed E-state index contributed by atoms with van der Waals surface area (Å²) in [7, 11) is -0.133. The number of carboxylic acid groups (broad SMARTS) is 1. The molecule has 2 heterocycles. The van der Waals surface area contributed by atoms with Gasteiger partial charge in [0.25, 0.3) is 5.56 Å². The molecule has 0 bridgehead atoms. The van der Waals surface area contributed by atoms with Gasteiger partial charge in [0.05, 0.1) is 12.1 Å². The number of rotatable bonds is 18. The van der Waals surface area contributed by atoms with E-state index in [1.165, 1.54) is 50.6 Å². The van der Waals surface area contributed by atoms with Crippen molar-refractivity contribution in [3.63, 3.8) is 0 Å². The monoisotopic (exact) mass is 856 g/mol. The standard InChI is InChI=1S/C38H48N8O13S/c1-20(45(2)34(53)26(39)16-21-6-4-8-23(47)14-21)31(33(52)40-19-25-18-29(49)35(59-25)46-12-10-30(50)43-38(46)57)44-32(51)27(11-13-60(3)58)41-37(56)42-28(36(54)55)17-22-7-5-9-24(48)15-22/h4-10,12,14-15,19-20,26-29,31,35,47-49H,11,13,16-18,39H2,1-3H3,(H,40,52)(H,44,51)(H,54,55)(H2,41,42,56)(H,43,50,57)/b25-19-/t20-,26?,27?,28?,29+,31-,35+,60?/m1/s1. The number of nitrogens with one attached hydrogen (secondary N) is 5. The Kier molecular flexibility index (Phi) is 16.1. The highest BCUT2D eigenvalue weighted by Gasteiger charge is 2.37. The Bertz CT molecular complexity index is 2230. The summed E-state index contributed by atoms with van der Waals surface area (Å²) >= 11 is 0. The van der Waals surface area contributed by atoms with Crippen molar-refractivity contribution in [3.05, 3.63) is 105 Å². The van der Waals surface area contributed by atoms with E-state index in [4.69, 9.17) is 10.5 Å². The molecule has 0 aliphatic carbocycles. The van der Waals surface area contributed by atoms with Crippen LogP contribution in [0.1, 0.15) is 37.1 Å². The number of hydrogen-bond donors (Lipinski definition) is 10. The maximum atomic E-state index is 14.0. The molecule has 1 aromatic heterocycles. The third-order valence-electron chi connectivity index (χ3n) is 9.49. The van der Waals surface area contributed by atoms with E-state index in [0.717, 1.165) is 27.9 Å². The summed E-state index contributed by atoms with van der Waals surface area (Å²) in [5.41, 5.74) is 5.64. The van der Waals surface area contributed by atoms with Crippen molar-refractivity contribution in [2.45, 2.75) is 75.1 Å². The number of phenolic OH excluding ortho intramolecular Hbond substituents is 2. The highest BCUT2D eigenvalue weighted by molar-refractivity contribution is 7.84. The Labute approximate surface area is 345 Å². The molecule has 2 aromatic carbocycles. The number of aromatic amines is 1. The second-order valence-electron chi connectivity index (χ2n) is 14.1. The van der Waals surface area contributed by atoms with Crippen LogP contribution >= 0.6 is 0 Å². The van der Waals surface area contributed by atoms with Gasteiger partial charge in [-0.15, -0.1) is 0 Å². The molecular formula is C38H48N8O13S. The molecule has 22 heteroatoms. The zero-order chi connectivity index (χ0) is 44.3. The summed E-state index contributed by atoms with van der Waals surface area (Å²) in [4.78, 5) is 93.8. The highest BCUT2D eigenvalue weighted by Crippen LogP contribution is 2.30. The predicted molar refractivity (Wildman–Crippen MR) is 214 cm³/mol. The number of aromatic nitrogens is 2. The Morgan fingerprint density at radius 2 is 1.60 bits per heavy atom. The molecule has 1 aliphatic rings. The fourth-order valence-electron chi connectivity index (χ4n) is 6.19. The number of carboxylic acids is 1. The van der Waals surface area contributed by atoms with Gasteiger partial charge in [-0.25, -0.2) is 14.4 Å². The summed E-state index contributed by atoms with van der Waals surface area (Å²) in [5, 5.41) is 49.7. The fraction of sp³-hybridized carbons (Fsp3) is 0.395. The van der Waals surface area contributed by atoms with Gasteiger partial charge in [0.2, 0.25) is 23.9 Å². The fourth-order valence-corrected chi connectivity index (χ4v) is 6.76. The first-order valence-electron chi connectivity index (χ1n) is 18.5. The number of benzene rings is 2. The zero-order valence-corrected chi connectivity index (χ0v) is 33.6. The van der Waals surface area contributed by atoms with Crippen LogP contribution in [0.3, 0.4) is 0 Å². The quantitative estimate of drug-likeness (QED) is 0.0677. The third-order valence-corrected chi connectivity index (χ3v) is 10.3. The minimum Gasteiger partial charge on any atom is -0.508 e. The molecule has 5 amide bonds. The molecule has 0 spiro atoms. The minimum absolute atomic E-state index is 0.00311. The molecule has 1 saturated heterocycles. The van der Waals surface area contributed by atoms with Crippen molar-refractivity contribution >= 4 is 40.5 Å². The number of ether oxygens (including phenoxy) is 1. The van der Waals surface area contributed by atoms with Crippen LogP contribution < -0.4 is 38.2 Å². The van der Waals surface area contributed by atoms with Crippen LogP contribution in [0.4, 0.5) is 4.79 Å². The van der Waals surface area contributed by atoms with Crippen molar-refractivity contribution in [2.24, 2.45) is 5.73 Å². The molecule has 4 rings (SSSR count). The number of urea groups is 1. The first-order valence-corrected chi connectivity index (χ1v) is 20.2. The van der Waals surface area contributed by atoms with E-state index in [2.05, 4.69) is 21.3 Å². The normalized spacial score (nSPS) is 18.4. The van der Waals surface area contributed by atoms with E-state index in [1.807, 2.05) is 4.98 Å². The Morgan fingerprint density at radius 3 is 2.18 bits per heavy atom. The molecule has 1 aliphatic heterocycles. The molecule has 60 heavy (non-hydrogen) atoms. The second-order valence-corrected chi connectivity index (χ2v) is 15.6. The summed E-state index contributed by atoms with van der Waals surface area (Å²) in [6.07, 6.45) is 0.331. The van der Waals surface area contributed by atoms with Gasteiger partial charge < -0.3 is 57.1 Å². The number of carbonyl (C=O) groups excluding carboxylic acids is 4.